The molecule has 1 aromatic heterocycles. The van der Waals surface area contributed by atoms with Crippen LogP contribution in [0, 0.1) is 11.7 Å². The van der Waals surface area contributed by atoms with E-state index in [-0.39, 0.29) is 23.5 Å². The number of aromatic nitrogens is 2. The van der Waals surface area contributed by atoms with Gasteiger partial charge in [-0.25, -0.2) is 9.07 Å². The molecule has 0 saturated carbocycles. The molecular formula is C23H29FN4O2. The third kappa shape index (κ3) is 4.11. The zero-order chi connectivity index (χ0) is 21.1. The first kappa shape index (κ1) is 20.6. The molecule has 0 atom stereocenters. The van der Waals surface area contributed by atoms with E-state index in [9.17, 15) is 14.0 Å². The Labute approximate surface area is 176 Å². The van der Waals surface area contributed by atoms with Crippen LogP contribution in [0.15, 0.2) is 24.3 Å². The lowest BCUT2D eigenvalue weighted by Gasteiger charge is -2.31. The zero-order valence-corrected chi connectivity index (χ0v) is 17.5. The third-order valence-electron chi connectivity index (χ3n) is 6.16. The van der Waals surface area contributed by atoms with Crippen LogP contribution in [0.1, 0.15) is 60.8 Å². The maximum absolute atomic E-state index is 13.4. The Morgan fingerprint density at radius 3 is 2.53 bits per heavy atom. The molecule has 1 aromatic carbocycles. The first-order valence-electron chi connectivity index (χ1n) is 11.0. The van der Waals surface area contributed by atoms with Crippen LogP contribution in [0.25, 0.3) is 5.69 Å². The van der Waals surface area contributed by atoms with Crippen molar-refractivity contribution >= 4 is 11.8 Å². The molecule has 1 N–H and O–H groups in total. The molecule has 2 heterocycles. The predicted molar refractivity (Wildman–Crippen MR) is 112 cm³/mol. The van der Waals surface area contributed by atoms with Gasteiger partial charge in [-0.05, 0) is 69.2 Å². The van der Waals surface area contributed by atoms with Crippen molar-refractivity contribution < 1.29 is 14.0 Å². The second-order valence-electron chi connectivity index (χ2n) is 8.23. The quantitative estimate of drug-likeness (QED) is 0.820. The van der Waals surface area contributed by atoms with Crippen LogP contribution in [0.4, 0.5) is 4.39 Å². The first-order chi connectivity index (χ1) is 14.6. The highest BCUT2D eigenvalue weighted by molar-refractivity contribution is 5.94. The monoisotopic (exact) mass is 412 g/mol. The summed E-state index contributed by atoms with van der Waals surface area (Å²) in [6, 6.07) is 6.24. The number of amides is 2. The van der Waals surface area contributed by atoms with E-state index >= 15 is 0 Å². The van der Waals surface area contributed by atoms with Gasteiger partial charge < -0.3 is 10.2 Å². The van der Waals surface area contributed by atoms with E-state index in [4.69, 9.17) is 0 Å². The smallest absolute Gasteiger partial charge is 0.274 e. The Kier molecular flexibility index (Phi) is 6.16. The summed E-state index contributed by atoms with van der Waals surface area (Å²) in [7, 11) is 0. The SMILES string of the molecule is CCCNC(=O)C1CCN(C(=O)c2nn(-c3ccc(F)cc3)c3c2CCCC3)CC1. The largest absolute Gasteiger partial charge is 0.356 e. The summed E-state index contributed by atoms with van der Waals surface area (Å²) in [5.74, 6) is -0.267. The molecule has 1 aliphatic heterocycles. The van der Waals surface area contributed by atoms with E-state index in [1.807, 2.05) is 16.5 Å². The van der Waals surface area contributed by atoms with Gasteiger partial charge in [-0.15, -0.1) is 0 Å². The molecule has 4 rings (SSSR count). The van der Waals surface area contributed by atoms with Crippen molar-refractivity contribution in [2.45, 2.75) is 51.9 Å². The Balaban J connectivity index is 1.52. The maximum Gasteiger partial charge on any atom is 0.274 e. The van der Waals surface area contributed by atoms with E-state index < -0.39 is 0 Å². The average Bonchev–Trinajstić information content (AvgIpc) is 3.17. The molecule has 1 fully saturated rings. The molecule has 7 heteroatoms. The topological polar surface area (TPSA) is 67.2 Å². The highest BCUT2D eigenvalue weighted by Gasteiger charge is 2.32. The van der Waals surface area contributed by atoms with Gasteiger partial charge in [0.05, 0.1) is 5.69 Å². The number of carbonyl (C=O) groups excluding carboxylic acids is 2. The number of nitrogens with zero attached hydrogens (tertiary/aromatic N) is 3. The van der Waals surface area contributed by atoms with Crippen molar-refractivity contribution in [2.24, 2.45) is 5.92 Å². The van der Waals surface area contributed by atoms with Gasteiger partial charge >= 0.3 is 0 Å². The number of hydrogen-bond acceptors (Lipinski definition) is 3. The van der Waals surface area contributed by atoms with Gasteiger partial charge in [0.25, 0.3) is 5.91 Å². The summed E-state index contributed by atoms with van der Waals surface area (Å²) >= 11 is 0. The Bertz CT molecular complexity index is 914. The number of rotatable bonds is 5. The minimum absolute atomic E-state index is 0.0220. The lowest BCUT2D eigenvalue weighted by molar-refractivity contribution is -0.126. The third-order valence-corrected chi connectivity index (χ3v) is 6.16. The summed E-state index contributed by atoms with van der Waals surface area (Å²) in [5, 5.41) is 7.64. The lowest BCUT2D eigenvalue weighted by atomic mass is 9.93. The number of benzene rings is 1. The van der Waals surface area contributed by atoms with Crippen LogP contribution < -0.4 is 5.32 Å². The van der Waals surface area contributed by atoms with Crippen LogP contribution in [-0.2, 0) is 17.6 Å². The second-order valence-corrected chi connectivity index (χ2v) is 8.23. The van der Waals surface area contributed by atoms with Gasteiger partial charge in [0.2, 0.25) is 5.91 Å². The van der Waals surface area contributed by atoms with E-state index in [0.717, 1.165) is 49.0 Å². The van der Waals surface area contributed by atoms with Crippen molar-refractivity contribution in [3.63, 3.8) is 0 Å². The van der Waals surface area contributed by atoms with Gasteiger partial charge in [0.1, 0.15) is 5.82 Å². The summed E-state index contributed by atoms with van der Waals surface area (Å²) in [6.45, 7) is 3.88. The Morgan fingerprint density at radius 2 is 1.83 bits per heavy atom. The fourth-order valence-corrected chi connectivity index (χ4v) is 4.45. The molecule has 1 aliphatic carbocycles. The number of fused-ring (bicyclic) bond motifs is 1. The molecule has 0 radical (unpaired) electrons. The molecule has 160 valence electrons. The normalized spacial score (nSPS) is 16.9. The summed E-state index contributed by atoms with van der Waals surface area (Å²) in [6.07, 6.45) is 6.10. The maximum atomic E-state index is 13.4. The second kappa shape index (κ2) is 8.98. The summed E-state index contributed by atoms with van der Waals surface area (Å²) < 4.78 is 15.2. The molecule has 6 nitrogen and oxygen atoms in total. The van der Waals surface area contributed by atoms with Crippen LogP contribution in [0.3, 0.4) is 0 Å². The number of halogens is 1. The van der Waals surface area contributed by atoms with Gasteiger partial charge in [-0.1, -0.05) is 6.92 Å². The molecule has 0 bridgehead atoms. The van der Waals surface area contributed by atoms with E-state index in [1.54, 1.807) is 12.1 Å². The molecule has 2 aromatic rings. The molecule has 0 spiro atoms. The lowest BCUT2D eigenvalue weighted by Crippen LogP contribution is -2.43. The van der Waals surface area contributed by atoms with Crippen molar-refractivity contribution in [3.8, 4) is 5.69 Å². The molecular weight excluding hydrogens is 383 g/mol. The molecule has 2 aliphatic rings. The highest BCUT2D eigenvalue weighted by Crippen LogP contribution is 2.29. The highest BCUT2D eigenvalue weighted by atomic mass is 19.1. The van der Waals surface area contributed by atoms with Crippen LogP contribution in [-0.4, -0.2) is 46.1 Å². The summed E-state index contributed by atoms with van der Waals surface area (Å²) in [4.78, 5) is 27.4. The molecule has 0 unspecified atom stereocenters. The Morgan fingerprint density at radius 1 is 1.13 bits per heavy atom. The minimum Gasteiger partial charge on any atom is -0.356 e. The number of carbonyl (C=O) groups is 2. The van der Waals surface area contributed by atoms with E-state index in [0.29, 0.717) is 38.2 Å². The molecule has 30 heavy (non-hydrogen) atoms. The number of likely N-dealkylation sites (tertiary alicyclic amines) is 1. The number of nitrogens with one attached hydrogen (secondary N) is 1. The standard InChI is InChI=1S/C23H29FN4O2/c1-2-13-25-22(29)16-11-14-27(15-12-16)23(30)21-19-5-3-4-6-20(19)28(26-21)18-9-7-17(24)8-10-18/h7-10,16H,2-6,11-15H2,1H3,(H,25,29). The van der Waals surface area contributed by atoms with Gasteiger partial charge in [0, 0.05) is 36.8 Å². The van der Waals surface area contributed by atoms with Gasteiger partial charge in [-0.2, -0.15) is 5.10 Å². The van der Waals surface area contributed by atoms with E-state index in [1.165, 1.54) is 12.1 Å². The fourth-order valence-electron chi connectivity index (χ4n) is 4.45. The number of piperidine rings is 1. The molecule has 2 amide bonds. The first-order valence-corrected chi connectivity index (χ1v) is 11.0. The van der Waals surface area contributed by atoms with Crippen LogP contribution >= 0.6 is 0 Å². The average molecular weight is 413 g/mol. The predicted octanol–water partition coefficient (Wildman–Crippen LogP) is 3.27. The van der Waals surface area contributed by atoms with Crippen molar-refractivity contribution in [1.29, 1.82) is 0 Å². The molecule has 1 saturated heterocycles. The van der Waals surface area contributed by atoms with Gasteiger partial charge in [-0.3, -0.25) is 9.59 Å². The van der Waals surface area contributed by atoms with Crippen LogP contribution in [0.2, 0.25) is 0 Å². The van der Waals surface area contributed by atoms with E-state index in [2.05, 4.69) is 10.4 Å². The number of hydrogen-bond donors (Lipinski definition) is 1. The van der Waals surface area contributed by atoms with Gasteiger partial charge in [0.15, 0.2) is 5.69 Å². The van der Waals surface area contributed by atoms with Crippen LogP contribution in [0.5, 0.6) is 0 Å². The Hall–Kier alpha value is -2.70. The van der Waals surface area contributed by atoms with Crippen molar-refractivity contribution in [3.05, 3.63) is 47.0 Å². The summed E-state index contributed by atoms with van der Waals surface area (Å²) in [5.41, 5.74) is 3.38. The van der Waals surface area contributed by atoms with Crippen molar-refractivity contribution in [1.82, 2.24) is 20.0 Å². The van der Waals surface area contributed by atoms with Crippen molar-refractivity contribution in [2.75, 3.05) is 19.6 Å². The zero-order valence-electron chi connectivity index (χ0n) is 17.5. The fraction of sp³-hybridized carbons (Fsp3) is 0.522. The minimum atomic E-state index is -0.290.